The van der Waals surface area contributed by atoms with Gasteiger partial charge in [0.05, 0.1) is 29.6 Å². The molecule has 3 aromatic rings. The smallest absolute Gasteiger partial charge is 0.121 e. The van der Waals surface area contributed by atoms with E-state index in [2.05, 4.69) is 37.4 Å². The van der Waals surface area contributed by atoms with Crippen molar-refractivity contribution < 1.29 is 0 Å². The minimum absolute atomic E-state index is 0.743. The predicted octanol–water partition coefficient (Wildman–Crippen LogP) is 1.98. The maximum atomic E-state index is 4.61. The normalized spacial score (nSPS) is 11.2. The lowest BCUT2D eigenvalue weighted by molar-refractivity contribution is 0.770. The first kappa shape index (κ1) is 11.0. The second kappa shape index (κ2) is 4.27. The van der Waals surface area contributed by atoms with Gasteiger partial charge in [-0.15, -0.1) is 0 Å². The molecular formula is C13H15N5. The van der Waals surface area contributed by atoms with Gasteiger partial charge in [0.15, 0.2) is 0 Å². The summed E-state index contributed by atoms with van der Waals surface area (Å²) in [6, 6.07) is 6.14. The van der Waals surface area contributed by atoms with E-state index >= 15 is 0 Å². The Hall–Kier alpha value is -2.14. The number of nitrogens with zero attached hydrogens (tertiary/aromatic N) is 2. The zero-order valence-electron chi connectivity index (χ0n) is 10.4. The summed E-state index contributed by atoms with van der Waals surface area (Å²) in [6.07, 6.45) is 1.71. The van der Waals surface area contributed by atoms with E-state index in [1.54, 1.807) is 6.33 Å². The highest BCUT2D eigenvalue weighted by atomic mass is 15.0. The van der Waals surface area contributed by atoms with E-state index in [0.717, 1.165) is 40.4 Å². The number of hydrogen-bond acceptors (Lipinski definition) is 3. The van der Waals surface area contributed by atoms with E-state index in [1.807, 2.05) is 20.0 Å². The fraction of sp³-hybridized carbons (Fsp3) is 0.231. The Morgan fingerprint density at radius 2 is 2.22 bits per heavy atom. The van der Waals surface area contributed by atoms with Crippen molar-refractivity contribution >= 4 is 11.0 Å². The van der Waals surface area contributed by atoms with Gasteiger partial charge in [0.25, 0.3) is 0 Å². The van der Waals surface area contributed by atoms with Gasteiger partial charge < -0.3 is 15.3 Å². The largest absolute Gasteiger partial charge is 0.345 e. The summed E-state index contributed by atoms with van der Waals surface area (Å²) in [5.41, 5.74) is 5.19. The van der Waals surface area contributed by atoms with Crippen molar-refractivity contribution in [3.8, 4) is 11.3 Å². The number of aryl methyl sites for hydroxylation is 1. The third-order valence-electron chi connectivity index (χ3n) is 2.97. The highest BCUT2D eigenvalue weighted by Gasteiger charge is 2.09. The molecule has 0 radical (unpaired) electrons. The molecule has 0 bridgehead atoms. The van der Waals surface area contributed by atoms with Gasteiger partial charge in [-0.25, -0.2) is 9.97 Å². The highest BCUT2D eigenvalue weighted by molar-refractivity contribution is 5.81. The van der Waals surface area contributed by atoms with Gasteiger partial charge in [-0.05, 0) is 26.1 Å². The van der Waals surface area contributed by atoms with E-state index in [4.69, 9.17) is 0 Å². The van der Waals surface area contributed by atoms with Crippen molar-refractivity contribution in [1.82, 2.24) is 25.3 Å². The van der Waals surface area contributed by atoms with Crippen LogP contribution in [0.15, 0.2) is 24.5 Å². The van der Waals surface area contributed by atoms with Crippen molar-refractivity contribution in [3.63, 3.8) is 0 Å². The first-order valence-electron chi connectivity index (χ1n) is 5.91. The summed E-state index contributed by atoms with van der Waals surface area (Å²) >= 11 is 0. The Balaban J connectivity index is 2.07. The maximum absolute atomic E-state index is 4.61. The van der Waals surface area contributed by atoms with Crippen LogP contribution in [0.5, 0.6) is 0 Å². The quantitative estimate of drug-likeness (QED) is 0.656. The number of fused-ring (bicyclic) bond motifs is 1. The molecular weight excluding hydrogens is 226 g/mol. The molecule has 0 atom stereocenters. The van der Waals surface area contributed by atoms with Crippen LogP contribution in [0.2, 0.25) is 0 Å². The minimum atomic E-state index is 0.743. The molecule has 0 spiro atoms. The minimum Gasteiger partial charge on any atom is -0.345 e. The van der Waals surface area contributed by atoms with Gasteiger partial charge in [-0.3, -0.25) is 0 Å². The first-order valence-corrected chi connectivity index (χ1v) is 5.91. The summed E-state index contributed by atoms with van der Waals surface area (Å²) in [6.45, 7) is 2.78. The summed E-state index contributed by atoms with van der Waals surface area (Å²) in [4.78, 5) is 15.2. The number of H-pyrrole nitrogens is 2. The lowest BCUT2D eigenvalue weighted by Gasteiger charge is -1.98. The molecule has 0 saturated carbocycles. The summed E-state index contributed by atoms with van der Waals surface area (Å²) in [5.74, 6) is 0.953. The summed E-state index contributed by atoms with van der Waals surface area (Å²) < 4.78 is 0. The molecule has 0 aliphatic rings. The molecule has 5 heteroatoms. The van der Waals surface area contributed by atoms with E-state index in [9.17, 15) is 0 Å². The lowest BCUT2D eigenvalue weighted by Crippen LogP contribution is -2.06. The Kier molecular flexibility index (Phi) is 2.60. The van der Waals surface area contributed by atoms with Gasteiger partial charge >= 0.3 is 0 Å². The Labute approximate surface area is 105 Å². The first-order chi connectivity index (χ1) is 8.78. The van der Waals surface area contributed by atoms with Gasteiger partial charge in [0, 0.05) is 11.3 Å². The molecule has 92 valence electrons. The zero-order chi connectivity index (χ0) is 12.5. The van der Waals surface area contributed by atoms with Crippen molar-refractivity contribution in [2.24, 2.45) is 0 Å². The SMILES string of the molecule is CNCc1nc(-c2ccc3nc[nH]c3c2)c(C)[nH]1. The average Bonchev–Trinajstić information content (AvgIpc) is 2.95. The number of benzene rings is 1. The molecule has 5 nitrogen and oxygen atoms in total. The van der Waals surface area contributed by atoms with E-state index in [1.165, 1.54) is 0 Å². The number of rotatable bonds is 3. The van der Waals surface area contributed by atoms with Crippen LogP contribution in [0.1, 0.15) is 11.5 Å². The van der Waals surface area contributed by atoms with Crippen LogP contribution in [0.25, 0.3) is 22.3 Å². The molecule has 0 aliphatic carbocycles. The van der Waals surface area contributed by atoms with Gasteiger partial charge in [-0.1, -0.05) is 6.07 Å². The monoisotopic (exact) mass is 241 g/mol. The molecule has 18 heavy (non-hydrogen) atoms. The number of nitrogens with one attached hydrogen (secondary N) is 3. The van der Waals surface area contributed by atoms with Crippen LogP contribution < -0.4 is 5.32 Å². The Bertz CT molecular complexity index is 680. The fourth-order valence-electron chi connectivity index (χ4n) is 2.14. The third kappa shape index (κ3) is 1.78. The molecule has 0 fully saturated rings. The van der Waals surface area contributed by atoms with Crippen LogP contribution in [-0.2, 0) is 6.54 Å². The zero-order valence-corrected chi connectivity index (χ0v) is 10.4. The molecule has 2 heterocycles. The second-order valence-corrected chi connectivity index (χ2v) is 4.32. The molecule has 2 aromatic heterocycles. The van der Waals surface area contributed by atoms with E-state index < -0.39 is 0 Å². The molecule has 0 aliphatic heterocycles. The van der Waals surface area contributed by atoms with Crippen LogP contribution in [-0.4, -0.2) is 27.0 Å². The Morgan fingerprint density at radius 3 is 3.06 bits per heavy atom. The van der Waals surface area contributed by atoms with E-state index in [-0.39, 0.29) is 0 Å². The van der Waals surface area contributed by atoms with Crippen LogP contribution >= 0.6 is 0 Å². The van der Waals surface area contributed by atoms with Gasteiger partial charge in [0.1, 0.15) is 5.82 Å². The van der Waals surface area contributed by atoms with Crippen LogP contribution in [0, 0.1) is 6.92 Å². The number of hydrogen-bond donors (Lipinski definition) is 3. The third-order valence-corrected chi connectivity index (χ3v) is 2.97. The van der Waals surface area contributed by atoms with Gasteiger partial charge in [0.2, 0.25) is 0 Å². The number of aromatic nitrogens is 4. The molecule has 0 saturated heterocycles. The van der Waals surface area contributed by atoms with Crippen molar-refractivity contribution in [2.45, 2.75) is 13.5 Å². The van der Waals surface area contributed by atoms with Gasteiger partial charge in [-0.2, -0.15) is 0 Å². The summed E-state index contributed by atoms with van der Waals surface area (Å²) in [5, 5.41) is 3.09. The molecule has 3 rings (SSSR count). The van der Waals surface area contributed by atoms with Crippen LogP contribution in [0.3, 0.4) is 0 Å². The Morgan fingerprint density at radius 1 is 1.33 bits per heavy atom. The lowest BCUT2D eigenvalue weighted by atomic mass is 10.1. The average molecular weight is 241 g/mol. The fourth-order valence-corrected chi connectivity index (χ4v) is 2.14. The predicted molar refractivity (Wildman–Crippen MR) is 71.2 cm³/mol. The van der Waals surface area contributed by atoms with Crippen molar-refractivity contribution in [2.75, 3.05) is 7.05 Å². The van der Waals surface area contributed by atoms with Crippen molar-refractivity contribution in [3.05, 3.63) is 36.0 Å². The number of imidazole rings is 2. The highest BCUT2D eigenvalue weighted by Crippen LogP contribution is 2.24. The topological polar surface area (TPSA) is 69.4 Å². The standard InChI is InChI=1S/C13H15N5/c1-8-13(18-12(17-8)6-14-2)9-3-4-10-11(5-9)16-7-15-10/h3-5,7,14H,6H2,1-2H3,(H,15,16)(H,17,18). The molecule has 1 aromatic carbocycles. The van der Waals surface area contributed by atoms with Crippen molar-refractivity contribution in [1.29, 1.82) is 0 Å². The van der Waals surface area contributed by atoms with Crippen LogP contribution in [0.4, 0.5) is 0 Å². The second-order valence-electron chi connectivity index (χ2n) is 4.32. The number of aromatic amines is 2. The maximum Gasteiger partial charge on any atom is 0.121 e. The summed E-state index contributed by atoms with van der Waals surface area (Å²) in [7, 11) is 1.91. The molecule has 0 unspecified atom stereocenters. The molecule has 0 amide bonds. The van der Waals surface area contributed by atoms with E-state index in [0.29, 0.717) is 0 Å². The molecule has 3 N–H and O–H groups in total.